The molecule has 0 aliphatic rings. The lowest BCUT2D eigenvalue weighted by Gasteiger charge is -2.22. The summed E-state index contributed by atoms with van der Waals surface area (Å²) in [6, 6.07) is 12.1. The lowest BCUT2D eigenvalue weighted by atomic mass is 10.0. The summed E-state index contributed by atoms with van der Waals surface area (Å²) in [5.41, 5.74) is -1.31. The molecule has 1 aromatic heterocycles. The molecule has 11 nitrogen and oxygen atoms in total. The zero-order valence-corrected chi connectivity index (χ0v) is 20.1. The van der Waals surface area contributed by atoms with Crippen LogP contribution < -0.4 is 15.6 Å². The Morgan fingerprint density at radius 1 is 1.18 bits per heavy atom. The molecular formula is C22H27N5O6S. The van der Waals surface area contributed by atoms with Crippen molar-refractivity contribution in [1.82, 2.24) is 9.36 Å². The van der Waals surface area contributed by atoms with E-state index in [1.807, 2.05) is 0 Å². The Morgan fingerprint density at radius 2 is 1.82 bits per heavy atom. The number of aliphatic hydroxyl groups is 1. The van der Waals surface area contributed by atoms with Gasteiger partial charge >= 0.3 is 0 Å². The van der Waals surface area contributed by atoms with E-state index >= 15 is 0 Å². The van der Waals surface area contributed by atoms with Crippen molar-refractivity contribution in [3.63, 3.8) is 0 Å². The number of nitro benzene ring substituents is 1. The van der Waals surface area contributed by atoms with Crippen molar-refractivity contribution >= 4 is 27.1 Å². The fraction of sp³-hybridized carbons (Fsp3) is 0.318. The van der Waals surface area contributed by atoms with Gasteiger partial charge in [-0.2, -0.15) is 0 Å². The number of sulfonamides is 1. The van der Waals surface area contributed by atoms with Crippen LogP contribution in [0.3, 0.4) is 0 Å². The number of benzene rings is 2. The maximum Gasteiger partial charge on any atom is 0.296 e. The molecule has 0 aliphatic carbocycles. The predicted octanol–water partition coefficient (Wildman–Crippen LogP) is 2.77. The summed E-state index contributed by atoms with van der Waals surface area (Å²) < 4.78 is 31.3. The Kier molecular flexibility index (Phi) is 6.84. The molecular weight excluding hydrogens is 462 g/mol. The monoisotopic (exact) mass is 489 g/mol. The van der Waals surface area contributed by atoms with E-state index in [2.05, 4.69) is 10.0 Å². The van der Waals surface area contributed by atoms with Crippen LogP contribution in [-0.4, -0.2) is 40.0 Å². The molecule has 0 aliphatic heterocycles. The molecule has 182 valence electrons. The SMILES string of the molecule is CCC(C)(O)CNc1ccc(S(=O)(=O)Nc2c(C)n(C)n(-c3ccccc3)c2=O)cc1[N+](=O)[O-]. The van der Waals surface area contributed by atoms with E-state index in [4.69, 9.17) is 0 Å². The molecule has 0 saturated carbocycles. The van der Waals surface area contributed by atoms with Gasteiger partial charge < -0.3 is 10.4 Å². The van der Waals surface area contributed by atoms with E-state index in [0.717, 1.165) is 6.07 Å². The summed E-state index contributed by atoms with van der Waals surface area (Å²) >= 11 is 0. The quantitative estimate of drug-likeness (QED) is 0.309. The summed E-state index contributed by atoms with van der Waals surface area (Å²) in [6.07, 6.45) is 0.418. The number of nitro groups is 1. The number of hydrogen-bond donors (Lipinski definition) is 3. The topological polar surface area (TPSA) is 149 Å². The third kappa shape index (κ3) is 4.97. The van der Waals surface area contributed by atoms with Gasteiger partial charge in [0.05, 0.1) is 26.8 Å². The first kappa shape index (κ1) is 25.0. The molecule has 0 spiro atoms. The van der Waals surface area contributed by atoms with Crippen molar-refractivity contribution in [2.24, 2.45) is 7.05 Å². The maximum absolute atomic E-state index is 13.1. The molecule has 2 aromatic carbocycles. The molecule has 3 aromatic rings. The molecule has 0 radical (unpaired) electrons. The van der Waals surface area contributed by atoms with Crippen molar-refractivity contribution in [1.29, 1.82) is 0 Å². The average Bonchev–Trinajstić information content (AvgIpc) is 3.00. The minimum atomic E-state index is -4.32. The highest BCUT2D eigenvalue weighted by Crippen LogP contribution is 2.29. The number of nitrogens with zero attached hydrogens (tertiary/aromatic N) is 3. The molecule has 34 heavy (non-hydrogen) atoms. The van der Waals surface area contributed by atoms with Crippen LogP contribution >= 0.6 is 0 Å². The van der Waals surface area contributed by atoms with Gasteiger partial charge in [0.15, 0.2) is 0 Å². The largest absolute Gasteiger partial charge is 0.388 e. The first-order valence-electron chi connectivity index (χ1n) is 10.5. The van der Waals surface area contributed by atoms with Crippen LogP contribution in [0.5, 0.6) is 0 Å². The second kappa shape index (κ2) is 9.31. The van der Waals surface area contributed by atoms with Crippen LogP contribution in [0.4, 0.5) is 17.1 Å². The van der Waals surface area contributed by atoms with Crippen LogP contribution in [0.25, 0.3) is 5.69 Å². The molecule has 0 amide bonds. The Morgan fingerprint density at radius 3 is 2.41 bits per heavy atom. The number of hydrogen-bond acceptors (Lipinski definition) is 7. The van der Waals surface area contributed by atoms with Gasteiger partial charge in [-0.05, 0) is 44.5 Å². The third-order valence-electron chi connectivity index (χ3n) is 5.69. The second-order valence-electron chi connectivity index (χ2n) is 8.18. The van der Waals surface area contributed by atoms with E-state index in [9.17, 15) is 28.4 Å². The van der Waals surface area contributed by atoms with Crippen molar-refractivity contribution in [2.45, 2.75) is 37.7 Å². The summed E-state index contributed by atoms with van der Waals surface area (Å²) in [7, 11) is -2.70. The van der Waals surface area contributed by atoms with Crippen molar-refractivity contribution < 1.29 is 18.4 Å². The van der Waals surface area contributed by atoms with Crippen LogP contribution in [-0.2, 0) is 17.1 Å². The minimum absolute atomic E-state index is 0.0386. The van der Waals surface area contributed by atoms with E-state index in [0.29, 0.717) is 17.8 Å². The van der Waals surface area contributed by atoms with E-state index < -0.39 is 31.8 Å². The highest BCUT2D eigenvalue weighted by molar-refractivity contribution is 7.92. The van der Waals surface area contributed by atoms with E-state index in [-0.39, 0.29) is 22.8 Å². The smallest absolute Gasteiger partial charge is 0.296 e. The first-order valence-corrected chi connectivity index (χ1v) is 12.0. The number of rotatable bonds is 9. The average molecular weight is 490 g/mol. The lowest BCUT2D eigenvalue weighted by Crippen LogP contribution is -2.32. The first-order chi connectivity index (χ1) is 15.9. The van der Waals surface area contributed by atoms with Crippen LogP contribution in [0.15, 0.2) is 58.2 Å². The van der Waals surface area contributed by atoms with Crippen molar-refractivity contribution in [3.8, 4) is 5.69 Å². The van der Waals surface area contributed by atoms with Gasteiger partial charge in [-0.25, -0.2) is 13.1 Å². The Bertz CT molecular complexity index is 1380. The molecule has 0 saturated heterocycles. The van der Waals surface area contributed by atoms with Crippen LogP contribution in [0.2, 0.25) is 0 Å². The van der Waals surface area contributed by atoms with Gasteiger partial charge in [-0.3, -0.25) is 24.3 Å². The summed E-state index contributed by atoms with van der Waals surface area (Å²) in [5.74, 6) is 0. The van der Waals surface area contributed by atoms with E-state index in [1.54, 1.807) is 58.2 Å². The number of anilines is 2. The zero-order valence-electron chi connectivity index (χ0n) is 19.3. The number of nitrogens with one attached hydrogen (secondary N) is 2. The lowest BCUT2D eigenvalue weighted by molar-refractivity contribution is -0.384. The Labute approximate surface area is 196 Å². The summed E-state index contributed by atoms with van der Waals surface area (Å²) in [5, 5.41) is 24.5. The molecule has 3 N–H and O–H groups in total. The highest BCUT2D eigenvalue weighted by Gasteiger charge is 2.26. The Balaban J connectivity index is 1.98. The van der Waals surface area contributed by atoms with Gasteiger partial charge in [-0.1, -0.05) is 25.1 Å². The standard InChI is InChI=1S/C22H27N5O6S/c1-5-22(3,29)14-23-18-12-11-17(13-19(18)27(30)31)34(32,33)24-20-15(2)25(4)26(21(20)28)16-9-7-6-8-10-16/h6-13,23-24,29H,5,14H2,1-4H3. The zero-order chi connectivity index (χ0) is 25.3. The number of aromatic nitrogens is 2. The van der Waals surface area contributed by atoms with E-state index in [1.165, 1.54) is 21.5 Å². The molecule has 1 heterocycles. The van der Waals surface area contributed by atoms with Gasteiger partial charge in [0.25, 0.3) is 21.3 Å². The van der Waals surface area contributed by atoms with Crippen molar-refractivity contribution in [2.75, 3.05) is 16.6 Å². The fourth-order valence-corrected chi connectivity index (χ4v) is 4.40. The molecule has 12 heteroatoms. The molecule has 1 unspecified atom stereocenters. The fourth-order valence-electron chi connectivity index (χ4n) is 3.27. The summed E-state index contributed by atoms with van der Waals surface area (Å²) in [4.78, 5) is 23.5. The van der Waals surface area contributed by atoms with Gasteiger partial charge in [0.1, 0.15) is 11.4 Å². The number of para-hydroxylation sites is 1. The van der Waals surface area contributed by atoms with Gasteiger partial charge in [0.2, 0.25) is 0 Å². The van der Waals surface area contributed by atoms with Crippen molar-refractivity contribution in [3.05, 3.63) is 74.7 Å². The van der Waals surface area contributed by atoms with Crippen LogP contribution in [0, 0.1) is 17.0 Å². The van der Waals surface area contributed by atoms with Gasteiger partial charge in [-0.15, -0.1) is 0 Å². The third-order valence-corrected chi connectivity index (χ3v) is 7.04. The maximum atomic E-state index is 13.1. The normalized spacial score (nSPS) is 13.3. The second-order valence-corrected chi connectivity index (χ2v) is 9.86. The molecule has 3 rings (SSSR count). The molecule has 1 atom stereocenters. The minimum Gasteiger partial charge on any atom is -0.388 e. The molecule has 0 bridgehead atoms. The van der Waals surface area contributed by atoms with Crippen LogP contribution in [0.1, 0.15) is 26.0 Å². The highest BCUT2D eigenvalue weighted by atomic mass is 32.2. The predicted molar refractivity (Wildman–Crippen MR) is 129 cm³/mol. The summed E-state index contributed by atoms with van der Waals surface area (Å²) in [6.45, 7) is 4.98. The van der Waals surface area contributed by atoms with Gasteiger partial charge in [0, 0.05) is 19.7 Å². The Hall–Kier alpha value is -3.64. The molecule has 0 fully saturated rings.